The summed E-state index contributed by atoms with van der Waals surface area (Å²) in [5.41, 5.74) is 5.09. The van der Waals surface area contributed by atoms with Crippen LogP contribution in [0.5, 0.6) is 5.75 Å². The van der Waals surface area contributed by atoms with E-state index in [1.54, 1.807) is 12.1 Å². The predicted molar refractivity (Wildman–Crippen MR) is 148 cm³/mol. The summed E-state index contributed by atoms with van der Waals surface area (Å²) in [4.78, 5) is 33.2. The van der Waals surface area contributed by atoms with Crippen LogP contribution in [0.2, 0.25) is 0 Å². The van der Waals surface area contributed by atoms with Gasteiger partial charge in [0.2, 0.25) is 0 Å². The highest BCUT2D eigenvalue weighted by Crippen LogP contribution is 2.45. The number of ether oxygens (including phenoxy) is 1. The molecular formula is C29H23BrN2O4S. The standard InChI is InChI=1S/C29H23BrN2O4S/c1-14-10-15(2)24-22(11-14)37-29(31-24)32-25(17-4-7-20(30)8-5-17)23(27(34)28(32)35)26(33)18-6-9-21-19(13-18)12-16(3)36-21/h4-11,13,16,25,33H,12H2,1-3H3/b26-23+/t16-,25-/m0/s1. The zero-order valence-corrected chi connectivity index (χ0v) is 22.8. The van der Waals surface area contributed by atoms with Gasteiger partial charge in [-0.2, -0.15) is 0 Å². The maximum atomic E-state index is 13.5. The lowest BCUT2D eigenvalue weighted by atomic mass is 9.94. The van der Waals surface area contributed by atoms with Crippen LogP contribution in [0.3, 0.4) is 0 Å². The normalized spacial score (nSPS) is 20.5. The fourth-order valence-corrected chi connectivity index (χ4v) is 6.61. The number of benzene rings is 3. The molecule has 3 heterocycles. The first-order chi connectivity index (χ1) is 17.7. The number of fused-ring (bicyclic) bond motifs is 2. The molecule has 1 fully saturated rings. The molecule has 4 aromatic rings. The minimum Gasteiger partial charge on any atom is -0.507 e. The molecule has 0 saturated carbocycles. The molecule has 186 valence electrons. The molecule has 2 aliphatic rings. The molecular weight excluding hydrogens is 552 g/mol. The molecule has 2 aliphatic heterocycles. The van der Waals surface area contributed by atoms with E-state index in [1.165, 1.54) is 16.2 Å². The third kappa shape index (κ3) is 3.95. The Hall–Kier alpha value is -3.49. The molecule has 8 heteroatoms. The van der Waals surface area contributed by atoms with Crippen molar-refractivity contribution in [2.45, 2.75) is 39.3 Å². The highest BCUT2D eigenvalue weighted by atomic mass is 79.9. The van der Waals surface area contributed by atoms with E-state index in [0.29, 0.717) is 22.7 Å². The van der Waals surface area contributed by atoms with Gasteiger partial charge in [-0.25, -0.2) is 4.98 Å². The topological polar surface area (TPSA) is 79.7 Å². The highest BCUT2D eigenvalue weighted by Gasteiger charge is 2.48. The summed E-state index contributed by atoms with van der Waals surface area (Å²) in [7, 11) is 0. The van der Waals surface area contributed by atoms with Gasteiger partial charge >= 0.3 is 5.91 Å². The molecule has 37 heavy (non-hydrogen) atoms. The Labute approximate surface area is 226 Å². The lowest BCUT2D eigenvalue weighted by Crippen LogP contribution is -2.29. The van der Waals surface area contributed by atoms with Crippen LogP contribution in [-0.2, 0) is 16.0 Å². The number of aryl methyl sites for hydroxylation is 2. The highest BCUT2D eigenvalue weighted by molar-refractivity contribution is 9.10. The van der Waals surface area contributed by atoms with Crippen LogP contribution in [0, 0.1) is 13.8 Å². The number of aromatic nitrogens is 1. The molecule has 6 rings (SSSR count). The Morgan fingerprint density at radius 1 is 1.11 bits per heavy atom. The molecule has 1 aromatic heterocycles. The van der Waals surface area contributed by atoms with E-state index < -0.39 is 17.7 Å². The fraction of sp³-hybridized carbons (Fsp3) is 0.207. The molecule has 3 aromatic carbocycles. The van der Waals surface area contributed by atoms with Crippen molar-refractivity contribution in [2.24, 2.45) is 0 Å². The molecule has 0 unspecified atom stereocenters. The van der Waals surface area contributed by atoms with Crippen molar-refractivity contribution in [1.29, 1.82) is 0 Å². The Bertz CT molecular complexity index is 1640. The Balaban J connectivity index is 1.54. The average molecular weight is 575 g/mol. The molecule has 0 radical (unpaired) electrons. The van der Waals surface area contributed by atoms with E-state index in [0.717, 1.165) is 37.1 Å². The van der Waals surface area contributed by atoms with E-state index in [1.807, 2.05) is 63.2 Å². The van der Waals surface area contributed by atoms with E-state index in [2.05, 4.69) is 15.9 Å². The quantitative estimate of drug-likeness (QED) is 0.169. The van der Waals surface area contributed by atoms with Crippen LogP contribution in [-0.4, -0.2) is 27.9 Å². The van der Waals surface area contributed by atoms with Crippen molar-refractivity contribution in [2.75, 3.05) is 4.90 Å². The van der Waals surface area contributed by atoms with Crippen LogP contribution in [0.25, 0.3) is 16.0 Å². The third-order valence-electron chi connectivity index (χ3n) is 6.82. The van der Waals surface area contributed by atoms with E-state index in [-0.39, 0.29) is 17.4 Å². The molecule has 6 nitrogen and oxygen atoms in total. The van der Waals surface area contributed by atoms with Crippen LogP contribution in [0.4, 0.5) is 5.13 Å². The lowest BCUT2D eigenvalue weighted by molar-refractivity contribution is -0.132. The van der Waals surface area contributed by atoms with Gasteiger partial charge in [0.25, 0.3) is 5.78 Å². The molecule has 1 N–H and O–H groups in total. The van der Waals surface area contributed by atoms with Crippen molar-refractivity contribution in [3.05, 3.63) is 92.5 Å². The van der Waals surface area contributed by atoms with Crippen LogP contribution < -0.4 is 9.64 Å². The molecule has 0 spiro atoms. The summed E-state index contributed by atoms with van der Waals surface area (Å²) < 4.78 is 7.60. The summed E-state index contributed by atoms with van der Waals surface area (Å²) >= 11 is 4.83. The summed E-state index contributed by atoms with van der Waals surface area (Å²) in [6.07, 6.45) is 0.762. The number of nitrogens with zero attached hydrogens (tertiary/aromatic N) is 2. The lowest BCUT2D eigenvalue weighted by Gasteiger charge is -2.23. The van der Waals surface area contributed by atoms with Crippen LogP contribution >= 0.6 is 27.3 Å². The second-order valence-electron chi connectivity index (χ2n) is 9.60. The first-order valence-electron chi connectivity index (χ1n) is 12.0. The first kappa shape index (κ1) is 23.9. The van der Waals surface area contributed by atoms with E-state index in [9.17, 15) is 14.7 Å². The fourth-order valence-electron chi connectivity index (χ4n) is 5.18. The Morgan fingerprint density at radius 3 is 2.62 bits per heavy atom. The molecule has 2 atom stereocenters. The molecule has 1 saturated heterocycles. The maximum absolute atomic E-state index is 13.5. The van der Waals surface area contributed by atoms with Crippen molar-refractivity contribution < 1.29 is 19.4 Å². The zero-order valence-electron chi connectivity index (χ0n) is 20.4. The number of aliphatic hydroxyl groups excluding tert-OH is 1. The molecule has 0 bridgehead atoms. The van der Waals surface area contributed by atoms with Gasteiger partial charge in [0, 0.05) is 16.5 Å². The first-order valence-corrected chi connectivity index (χ1v) is 13.6. The van der Waals surface area contributed by atoms with Gasteiger partial charge in [0.05, 0.1) is 21.8 Å². The summed E-state index contributed by atoms with van der Waals surface area (Å²) in [6.45, 7) is 5.99. The summed E-state index contributed by atoms with van der Waals surface area (Å²) in [6, 6.07) is 16.0. The predicted octanol–water partition coefficient (Wildman–Crippen LogP) is 6.63. The number of anilines is 1. The third-order valence-corrected chi connectivity index (χ3v) is 8.35. The second kappa shape index (κ2) is 8.82. The van der Waals surface area contributed by atoms with Gasteiger partial charge in [-0.1, -0.05) is 45.5 Å². The largest absolute Gasteiger partial charge is 0.507 e. The number of ketones is 1. The number of Topliss-reactive ketones (excluding diaryl/α,β-unsaturated/α-hetero) is 1. The van der Waals surface area contributed by atoms with E-state index >= 15 is 0 Å². The molecule has 0 aliphatic carbocycles. The van der Waals surface area contributed by atoms with Gasteiger partial charge < -0.3 is 9.84 Å². The SMILES string of the molecule is Cc1cc(C)c2nc(N3C(=O)C(=O)/C(=C(/O)c4ccc5c(c4)C[C@H](C)O5)[C@@H]3c3ccc(Br)cc3)sc2c1. The van der Waals surface area contributed by atoms with Crippen molar-refractivity contribution in [1.82, 2.24) is 4.98 Å². The number of aliphatic hydroxyl groups is 1. The van der Waals surface area contributed by atoms with Gasteiger partial charge in [0.15, 0.2) is 5.13 Å². The Kier molecular flexibility index (Phi) is 5.69. The summed E-state index contributed by atoms with van der Waals surface area (Å²) in [5.74, 6) is -0.873. The minimum atomic E-state index is -0.821. The average Bonchev–Trinajstić information content (AvgIpc) is 3.52. The van der Waals surface area contributed by atoms with E-state index in [4.69, 9.17) is 9.72 Å². The number of carbonyl (C=O) groups is 2. The zero-order chi connectivity index (χ0) is 26.0. The van der Waals surface area contributed by atoms with Gasteiger partial charge in [-0.15, -0.1) is 0 Å². The monoisotopic (exact) mass is 574 g/mol. The smallest absolute Gasteiger partial charge is 0.301 e. The number of carbonyl (C=O) groups excluding carboxylic acids is 2. The number of thiazole rings is 1. The Morgan fingerprint density at radius 2 is 1.86 bits per heavy atom. The summed E-state index contributed by atoms with van der Waals surface area (Å²) in [5, 5.41) is 11.9. The minimum absolute atomic E-state index is 0.0476. The number of halogens is 1. The van der Waals surface area contributed by atoms with Crippen molar-refractivity contribution in [3.63, 3.8) is 0 Å². The number of rotatable bonds is 3. The second-order valence-corrected chi connectivity index (χ2v) is 11.5. The van der Waals surface area contributed by atoms with Gasteiger partial charge in [0.1, 0.15) is 17.6 Å². The molecule has 1 amide bonds. The van der Waals surface area contributed by atoms with Crippen LogP contribution in [0.1, 0.15) is 40.8 Å². The number of hydrogen-bond donors (Lipinski definition) is 1. The van der Waals surface area contributed by atoms with Gasteiger partial charge in [-0.05, 0) is 79.4 Å². The van der Waals surface area contributed by atoms with Gasteiger partial charge in [-0.3, -0.25) is 14.5 Å². The number of hydrogen-bond acceptors (Lipinski definition) is 6. The van der Waals surface area contributed by atoms with Crippen molar-refractivity contribution in [3.8, 4) is 5.75 Å². The van der Waals surface area contributed by atoms with Crippen LogP contribution in [0.15, 0.2) is 64.6 Å². The van der Waals surface area contributed by atoms with Crippen molar-refractivity contribution >= 4 is 60.1 Å². The maximum Gasteiger partial charge on any atom is 0.301 e. The number of amides is 1.